The summed E-state index contributed by atoms with van der Waals surface area (Å²) < 4.78 is 41.7. The average molecular weight is 298 g/mol. The van der Waals surface area contributed by atoms with Crippen molar-refractivity contribution in [2.75, 3.05) is 13.7 Å². The third kappa shape index (κ3) is 3.56. The monoisotopic (exact) mass is 298 g/mol. The highest BCUT2D eigenvalue weighted by Crippen LogP contribution is 2.32. The molecule has 0 atom stereocenters. The van der Waals surface area contributed by atoms with Gasteiger partial charge in [-0.1, -0.05) is 18.2 Å². The topological polar surface area (TPSA) is 54.1 Å². The van der Waals surface area contributed by atoms with Crippen LogP contribution < -0.4 is 10.1 Å². The van der Waals surface area contributed by atoms with E-state index in [-0.39, 0.29) is 5.56 Å². The van der Waals surface area contributed by atoms with Gasteiger partial charge in [-0.05, 0) is 6.07 Å². The van der Waals surface area contributed by atoms with E-state index in [1.807, 2.05) is 5.32 Å². The first-order chi connectivity index (χ1) is 9.92. The molecule has 0 saturated carbocycles. The van der Waals surface area contributed by atoms with Crippen LogP contribution >= 0.6 is 0 Å². The summed E-state index contributed by atoms with van der Waals surface area (Å²) in [7, 11) is 1.48. The van der Waals surface area contributed by atoms with Crippen LogP contribution in [0, 0.1) is 0 Å². The van der Waals surface area contributed by atoms with Crippen LogP contribution in [0.25, 0.3) is 11.1 Å². The maximum atomic E-state index is 12.2. The highest BCUT2D eigenvalue weighted by Gasteiger charge is 2.28. The Morgan fingerprint density at radius 1 is 1.24 bits per heavy atom. The van der Waals surface area contributed by atoms with Crippen molar-refractivity contribution >= 4 is 5.91 Å². The largest absolute Gasteiger partial charge is 0.496 e. The molecule has 1 heterocycles. The molecule has 0 spiro atoms. The number of rotatable bonds is 4. The van der Waals surface area contributed by atoms with Gasteiger partial charge in [0.1, 0.15) is 12.3 Å². The number of alkyl halides is 3. The number of para-hydroxylation sites is 1. The molecule has 0 bridgehead atoms. The molecule has 1 amide bonds. The fourth-order valence-corrected chi connectivity index (χ4v) is 1.92. The Balaban J connectivity index is 2.28. The second-order valence-electron chi connectivity index (χ2n) is 4.28. The highest BCUT2D eigenvalue weighted by atomic mass is 19.4. The van der Waals surface area contributed by atoms with Crippen LogP contribution in [0.1, 0.15) is 10.4 Å². The van der Waals surface area contributed by atoms with E-state index < -0.39 is 18.6 Å². The van der Waals surface area contributed by atoms with Crippen LogP contribution in [-0.2, 0) is 0 Å². The molecule has 2 N–H and O–H groups in total. The van der Waals surface area contributed by atoms with E-state index in [2.05, 4.69) is 4.98 Å². The van der Waals surface area contributed by atoms with Crippen LogP contribution in [0.3, 0.4) is 0 Å². The zero-order valence-electron chi connectivity index (χ0n) is 11.1. The number of nitrogens with one attached hydrogen (secondary N) is 2. The average Bonchev–Trinajstić information content (AvgIpc) is 2.93. The van der Waals surface area contributed by atoms with Crippen LogP contribution in [0.2, 0.25) is 0 Å². The van der Waals surface area contributed by atoms with Crippen molar-refractivity contribution in [1.29, 1.82) is 0 Å². The maximum absolute atomic E-state index is 12.2. The fraction of sp³-hybridized carbons (Fsp3) is 0.214. The van der Waals surface area contributed by atoms with Gasteiger partial charge >= 0.3 is 6.18 Å². The number of amides is 1. The predicted octanol–water partition coefficient (Wildman–Crippen LogP) is 2.98. The second kappa shape index (κ2) is 5.90. The lowest BCUT2D eigenvalue weighted by molar-refractivity contribution is -0.123. The van der Waals surface area contributed by atoms with Gasteiger partial charge in [0.2, 0.25) is 0 Å². The van der Waals surface area contributed by atoms with Crippen LogP contribution in [0.4, 0.5) is 13.2 Å². The molecule has 0 aliphatic carbocycles. The summed E-state index contributed by atoms with van der Waals surface area (Å²) in [4.78, 5) is 14.6. The minimum absolute atomic E-state index is 0.128. The summed E-state index contributed by atoms with van der Waals surface area (Å²) in [5.41, 5.74) is 1.23. The molecule has 1 aromatic carbocycles. The van der Waals surface area contributed by atoms with Crippen molar-refractivity contribution in [2.24, 2.45) is 0 Å². The Kier molecular flexibility index (Phi) is 4.21. The van der Waals surface area contributed by atoms with Gasteiger partial charge in [0, 0.05) is 23.5 Å². The number of methoxy groups -OCH3 is 1. The van der Waals surface area contributed by atoms with Crippen LogP contribution in [0.15, 0.2) is 36.7 Å². The molecule has 1 aromatic heterocycles. The molecular formula is C14H13F3N2O2. The van der Waals surface area contributed by atoms with Crippen LogP contribution in [-0.4, -0.2) is 30.7 Å². The number of aromatic amines is 1. The molecule has 0 aliphatic rings. The number of ether oxygens (including phenoxy) is 1. The molecule has 21 heavy (non-hydrogen) atoms. The number of aromatic nitrogens is 1. The van der Waals surface area contributed by atoms with Gasteiger partial charge < -0.3 is 15.0 Å². The Morgan fingerprint density at radius 3 is 2.62 bits per heavy atom. The quantitative estimate of drug-likeness (QED) is 0.911. The Labute approximate surface area is 118 Å². The van der Waals surface area contributed by atoms with Gasteiger partial charge in [-0.15, -0.1) is 0 Å². The molecule has 0 saturated heterocycles. The molecule has 4 nitrogen and oxygen atoms in total. The molecule has 0 aliphatic heterocycles. The molecule has 2 aromatic rings. The van der Waals surface area contributed by atoms with Crippen molar-refractivity contribution in [3.05, 3.63) is 42.2 Å². The van der Waals surface area contributed by atoms with Crippen molar-refractivity contribution in [1.82, 2.24) is 10.3 Å². The third-order valence-corrected chi connectivity index (χ3v) is 2.84. The minimum Gasteiger partial charge on any atom is -0.496 e. The number of carbonyl (C=O) groups is 1. The summed E-state index contributed by atoms with van der Waals surface area (Å²) >= 11 is 0. The van der Waals surface area contributed by atoms with Crippen LogP contribution in [0.5, 0.6) is 5.75 Å². The minimum atomic E-state index is -4.45. The van der Waals surface area contributed by atoms with Crippen molar-refractivity contribution in [2.45, 2.75) is 6.18 Å². The van der Waals surface area contributed by atoms with E-state index in [4.69, 9.17) is 4.74 Å². The van der Waals surface area contributed by atoms with Gasteiger partial charge in [-0.3, -0.25) is 4.79 Å². The van der Waals surface area contributed by atoms with E-state index >= 15 is 0 Å². The number of benzene rings is 1. The standard InChI is InChI=1S/C14H13F3N2O2/c1-21-12-5-3-2-4-9(12)10-6-18-7-11(10)13(20)19-8-14(15,16)17/h2-7,18H,8H2,1H3,(H,19,20). The first-order valence-electron chi connectivity index (χ1n) is 6.07. The zero-order chi connectivity index (χ0) is 15.5. The third-order valence-electron chi connectivity index (χ3n) is 2.84. The molecule has 112 valence electrons. The van der Waals surface area contributed by atoms with E-state index in [1.165, 1.54) is 13.3 Å². The smallest absolute Gasteiger partial charge is 0.405 e. The van der Waals surface area contributed by atoms with Gasteiger partial charge in [0.15, 0.2) is 0 Å². The van der Waals surface area contributed by atoms with Gasteiger partial charge in [-0.25, -0.2) is 0 Å². The number of hydrogen-bond acceptors (Lipinski definition) is 2. The highest BCUT2D eigenvalue weighted by molar-refractivity contribution is 6.01. The van der Waals surface area contributed by atoms with Gasteiger partial charge in [0.25, 0.3) is 5.91 Å². The van der Waals surface area contributed by atoms with E-state index in [0.717, 1.165) is 0 Å². The Bertz CT molecular complexity index is 635. The number of hydrogen-bond donors (Lipinski definition) is 2. The lowest BCUT2D eigenvalue weighted by Gasteiger charge is -2.10. The first kappa shape index (κ1) is 15.0. The summed E-state index contributed by atoms with van der Waals surface area (Å²) in [6.07, 6.45) is -1.55. The number of halogens is 3. The number of H-pyrrole nitrogens is 1. The molecular weight excluding hydrogens is 285 g/mol. The molecule has 0 fully saturated rings. The SMILES string of the molecule is COc1ccccc1-c1c[nH]cc1C(=O)NCC(F)(F)F. The summed E-state index contributed by atoms with van der Waals surface area (Å²) in [6, 6.07) is 6.95. The lowest BCUT2D eigenvalue weighted by atomic mass is 10.0. The predicted molar refractivity (Wildman–Crippen MR) is 71.2 cm³/mol. The fourth-order valence-electron chi connectivity index (χ4n) is 1.92. The van der Waals surface area contributed by atoms with Gasteiger partial charge in [0.05, 0.1) is 12.7 Å². The molecule has 7 heteroatoms. The number of carbonyl (C=O) groups excluding carboxylic acids is 1. The molecule has 2 rings (SSSR count). The van der Waals surface area contributed by atoms with Crippen molar-refractivity contribution < 1.29 is 22.7 Å². The van der Waals surface area contributed by atoms with Crippen molar-refractivity contribution in [3.63, 3.8) is 0 Å². The van der Waals surface area contributed by atoms with E-state index in [1.54, 1.807) is 30.5 Å². The molecule has 0 unspecified atom stereocenters. The lowest BCUT2D eigenvalue weighted by Crippen LogP contribution is -2.33. The zero-order valence-corrected chi connectivity index (χ0v) is 11.1. The Hall–Kier alpha value is -2.44. The van der Waals surface area contributed by atoms with E-state index in [9.17, 15) is 18.0 Å². The second-order valence-corrected chi connectivity index (χ2v) is 4.28. The maximum Gasteiger partial charge on any atom is 0.405 e. The normalized spacial score (nSPS) is 11.2. The summed E-state index contributed by atoms with van der Waals surface area (Å²) in [5, 5.41) is 1.85. The first-order valence-corrected chi connectivity index (χ1v) is 6.07. The summed E-state index contributed by atoms with van der Waals surface area (Å²) in [6.45, 7) is -1.37. The summed E-state index contributed by atoms with van der Waals surface area (Å²) in [5.74, 6) is -0.267. The van der Waals surface area contributed by atoms with E-state index in [0.29, 0.717) is 16.9 Å². The van der Waals surface area contributed by atoms with Gasteiger partial charge in [-0.2, -0.15) is 13.2 Å². The Morgan fingerprint density at radius 2 is 1.95 bits per heavy atom. The molecule has 0 radical (unpaired) electrons. The van der Waals surface area contributed by atoms with Crippen molar-refractivity contribution in [3.8, 4) is 16.9 Å².